The van der Waals surface area contributed by atoms with E-state index in [1.807, 2.05) is 0 Å². The number of nitrogens with zero attached hydrogens (tertiary/aromatic N) is 3. The molecule has 0 radical (unpaired) electrons. The Hall–Kier alpha value is -1.72. The third-order valence-corrected chi connectivity index (χ3v) is 4.53. The van der Waals surface area contributed by atoms with E-state index in [0.717, 1.165) is 37.9 Å². The molecule has 0 saturated carbocycles. The summed E-state index contributed by atoms with van der Waals surface area (Å²) in [5.41, 5.74) is 2.78. The molecule has 0 amide bonds. The molecule has 1 N–H and O–H groups in total. The molecule has 3 rings (SSSR count). The molecule has 5 nitrogen and oxygen atoms in total. The predicted molar refractivity (Wildman–Crippen MR) is 87.9 cm³/mol. The number of benzene rings is 1. The zero-order chi connectivity index (χ0) is 16.1. The number of aliphatic hydroxyl groups excluding tert-OH is 1. The van der Waals surface area contributed by atoms with Crippen molar-refractivity contribution in [3.63, 3.8) is 0 Å². The SMILES string of the molecule is CCCCc1noc(CN(CCO)C2CCc3ccccc32)n1. The Labute approximate surface area is 137 Å². The second-order valence-electron chi connectivity index (χ2n) is 6.16. The highest BCUT2D eigenvalue weighted by molar-refractivity contribution is 5.34. The van der Waals surface area contributed by atoms with Crippen LogP contribution >= 0.6 is 0 Å². The van der Waals surface area contributed by atoms with E-state index in [-0.39, 0.29) is 6.61 Å². The lowest BCUT2D eigenvalue weighted by Crippen LogP contribution is -2.30. The van der Waals surface area contributed by atoms with Crippen LogP contribution in [0.2, 0.25) is 0 Å². The summed E-state index contributed by atoms with van der Waals surface area (Å²) in [5.74, 6) is 1.44. The second-order valence-corrected chi connectivity index (χ2v) is 6.16. The van der Waals surface area contributed by atoms with Gasteiger partial charge in [-0.3, -0.25) is 4.90 Å². The van der Waals surface area contributed by atoms with E-state index in [4.69, 9.17) is 4.52 Å². The van der Waals surface area contributed by atoms with Gasteiger partial charge in [-0.05, 0) is 30.4 Å². The minimum atomic E-state index is 0.134. The first kappa shape index (κ1) is 16.1. The van der Waals surface area contributed by atoms with Crippen molar-refractivity contribution in [2.24, 2.45) is 0 Å². The summed E-state index contributed by atoms with van der Waals surface area (Å²) in [5, 5.41) is 13.5. The molecular formula is C18H25N3O2. The van der Waals surface area contributed by atoms with Crippen molar-refractivity contribution in [3.8, 4) is 0 Å². The number of aryl methyl sites for hydroxylation is 2. The summed E-state index contributed by atoms with van der Waals surface area (Å²) in [7, 11) is 0. The van der Waals surface area contributed by atoms with E-state index in [1.165, 1.54) is 11.1 Å². The van der Waals surface area contributed by atoms with Crippen LogP contribution in [0.1, 0.15) is 55.1 Å². The van der Waals surface area contributed by atoms with Crippen molar-refractivity contribution in [2.45, 2.75) is 51.6 Å². The van der Waals surface area contributed by atoms with Gasteiger partial charge in [0.15, 0.2) is 5.82 Å². The predicted octanol–water partition coefficient (Wildman–Crippen LogP) is 2.89. The van der Waals surface area contributed by atoms with Gasteiger partial charge in [0.2, 0.25) is 5.89 Å². The molecule has 0 spiro atoms. The number of fused-ring (bicyclic) bond motifs is 1. The summed E-state index contributed by atoms with van der Waals surface area (Å²) in [4.78, 5) is 6.75. The Kier molecular flexibility index (Phi) is 5.41. The number of aliphatic hydroxyl groups is 1. The molecule has 1 atom stereocenters. The van der Waals surface area contributed by atoms with Crippen LogP contribution in [-0.2, 0) is 19.4 Å². The first-order valence-electron chi connectivity index (χ1n) is 8.56. The highest BCUT2D eigenvalue weighted by atomic mass is 16.5. The minimum absolute atomic E-state index is 0.134. The van der Waals surface area contributed by atoms with Gasteiger partial charge in [0, 0.05) is 19.0 Å². The fraction of sp³-hybridized carbons (Fsp3) is 0.556. The van der Waals surface area contributed by atoms with Gasteiger partial charge in [0.1, 0.15) is 0 Å². The fourth-order valence-electron chi connectivity index (χ4n) is 3.35. The normalized spacial score (nSPS) is 16.9. The van der Waals surface area contributed by atoms with Crippen molar-refractivity contribution in [1.82, 2.24) is 15.0 Å². The van der Waals surface area contributed by atoms with E-state index >= 15 is 0 Å². The van der Waals surface area contributed by atoms with E-state index in [2.05, 4.69) is 46.2 Å². The molecule has 1 aliphatic rings. The van der Waals surface area contributed by atoms with E-state index in [1.54, 1.807) is 0 Å². The van der Waals surface area contributed by atoms with Crippen LogP contribution in [0.3, 0.4) is 0 Å². The Balaban J connectivity index is 1.71. The third kappa shape index (κ3) is 3.79. The summed E-state index contributed by atoms with van der Waals surface area (Å²) >= 11 is 0. The Bertz CT molecular complexity index is 626. The van der Waals surface area contributed by atoms with E-state index < -0.39 is 0 Å². The van der Waals surface area contributed by atoms with Crippen LogP contribution in [0.25, 0.3) is 0 Å². The lowest BCUT2D eigenvalue weighted by atomic mass is 10.1. The van der Waals surface area contributed by atoms with Crippen LogP contribution in [-0.4, -0.2) is 33.3 Å². The molecule has 124 valence electrons. The topological polar surface area (TPSA) is 62.4 Å². The van der Waals surface area contributed by atoms with Crippen LogP contribution < -0.4 is 0 Å². The molecular weight excluding hydrogens is 290 g/mol. The van der Waals surface area contributed by atoms with Gasteiger partial charge < -0.3 is 9.63 Å². The Morgan fingerprint density at radius 1 is 1.35 bits per heavy atom. The molecule has 2 aromatic rings. The average Bonchev–Trinajstić information content (AvgIpc) is 3.19. The molecule has 5 heteroatoms. The molecule has 0 bridgehead atoms. The number of hydrogen-bond acceptors (Lipinski definition) is 5. The summed E-state index contributed by atoms with van der Waals surface area (Å²) in [6.45, 7) is 3.50. The number of aromatic nitrogens is 2. The molecule has 1 heterocycles. The summed E-state index contributed by atoms with van der Waals surface area (Å²) in [6, 6.07) is 8.89. The zero-order valence-corrected chi connectivity index (χ0v) is 13.7. The third-order valence-electron chi connectivity index (χ3n) is 4.53. The van der Waals surface area contributed by atoms with Crippen molar-refractivity contribution < 1.29 is 9.63 Å². The molecule has 1 aromatic carbocycles. The lowest BCUT2D eigenvalue weighted by molar-refractivity contribution is 0.128. The fourth-order valence-corrected chi connectivity index (χ4v) is 3.35. The maximum atomic E-state index is 9.44. The molecule has 23 heavy (non-hydrogen) atoms. The highest BCUT2D eigenvalue weighted by Crippen LogP contribution is 2.36. The van der Waals surface area contributed by atoms with Crippen LogP contribution in [0.4, 0.5) is 0 Å². The maximum Gasteiger partial charge on any atom is 0.240 e. The first-order valence-corrected chi connectivity index (χ1v) is 8.56. The van der Waals surface area contributed by atoms with Gasteiger partial charge in [-0.2, -0.15) is 4.98 Å². The van der Waals surface area contributed by atoms with Gasteiger partial charge >= 0.3 is 0 Å². The summed E-state index contributed by atoms with van der Waals surface area (Å²) in [6.07, 6.45) is 5.24. The number of rotatable bonds is 8. The molecule has 0 aliphatic heterocycles. The standard InChI is InChI=1S/C18H25N3O2/c1-2-3-8-17-19-18(23-20-17)13-21(11-12-22)16-10-9-14-6-4-5-7-15(14)16/h4-7,16,22H,2-3,8-13H2,1H3. The molecule has 1 unspecified atom stereocenters. The Morgan fingerprint density at radius 2 is 2.22 bits per heavy atom. The first-order chi connectivity index (χ1) is 11.3. The van der Waals surface area contributed by atoms with Crippen LogP contribution in [0, 0.1) is 0 Å². The van der Waals surface area contributed by atoms with Crippen LogP contribution in [0.5, 0.6) is 0 Å². The van der Waals surface area contributed by atoms with Gasteiger partial charge in [-0.25, -0.2) is 0 Å². The maximum absolute atomic E-state index is 9.44. The van der Waals surface area contributed by atoms with Gasteiger partial charge in [-0.1, -0.05) is 42.8 Å². The molecule has 1 aromatic heterocycles. The quantitative estimate of drug-likeness (QED) is 0.811. The van der Waals surface area contributed by atoms with Crippen molar-refractivity contribution in [2.75, 3.05) is 13.2 Å². The molecule has 0 saturated heterocycles. The van der Waals surface area contributed by atoms with Gasteiger partial charge in [-0.15, -0.1) is 0 Å². The minimum Gasteiger partial charge on any atom is -0.395 e. The lowest BCUT2D eigenvalue weighted by Gasteiger charge is -2.27. The highest BCUT2D eigenvalue weighted by Gasteiger charge is 2.28. The smallest absolute Gasteiger partial charge is 0.240 e. The monoisotopic (exact) mass is 315 g/mol. The largest absolute Gasteiger partial charge is 0.395 e. The van der Waals surface area contributed by atoms with Gasteiger partial charge in [0.25, 0.3) is 0 Å². The van der Waals surface area contributed by atoms with Gasteiger partial charge in [0.05, 0.1) is 13.2 Å². The zero-order valence-electron chi connectivity index (χ0n) is 13.7. The number of unbranched alkanes of at least 4 members (excludes halogenated alkanes) is 1. The Morgan fingerprint density at radius 3 is 3.04 bits per heavy atom. The van der Waals surface area contributed by atoms with Crippen molar-refractivity contribution in [3.05, 3.63) is 47.1 Å². The van der Waals surface area contributed by atoms with E-state index in [0.29, 0.717) is 25.0 Å². The summed E-state index contributed by atoms with van der Waals surface area (Å²) < 4.78 is 5.40. The van der Waals surface area contributed by atoms with Crippen LogP contribution in [0.15, 0.2) is 28.8 Å². The van der Waals surface area contributed by atoms with E-state index in [9.17, 15) is 5.11 Å². The van der Waals surface area contributed by atoms with Crippen molar-refractivity contribution in [1.29, 1.82) is 0 Å². The molecule has 1 aliphatic carbocycles. The average molecular weight is 315 g/mol. The second kappa shape index (κ2) is 7.70. The number of hydrogen-bond donors (Lipinski definition) is 1. The molecule has 0 fully saturated rings. The van der Waals surface area contributed by atoms with Crippen molar-refractivity contribution >= 4 is 0 Å².